The van der Waals surface area contributed by atoms with Crippen LogP contribution in [0.5, 0.6) is 0 Å². The van der Waals surface area contributed by atoms with Gasteiger partial charge in [0, 0.05) is 12.8 Å². The Labute approximate surface area is 64.0 Å². The van der Waals surface area contributed by atoms with E-state index in [4.69, 9.17) is 9.15 Å². The van der Waals surface area contributed by atoms with Gasteiger partial charge in [0.2, 0.25) is 0 Å². The zero-order chi connectivity index (χ0) is 7.68. The molecule has 1 aliphatic rings. The Morgan fingerprint density at radius 3 is 3.00 bits per heavy atom. The highest BCUT2D eigenvalue weighted by Crippen LogP contribution is 2.29. The standard InChI is InChI=1S/C8H8O3/c9-8-4-3-7(11-8)6-2-1-5-10-6/h1-2,5,7H,3-4H2. The van der Waals surface area contributed by atoms with E-state index < -0.39 is 0 Å². The third-order valence-corrected chi connectivity index (χ3v) is 1.74. The van der Waals surface area contributed by atoms with Crippen molar-refractivity contribution in [1.29, 1.82) is 0 Å². The molecule has 58 valence electrons. The lowest BCUT2D eigenvalue weighted by molar-refractivity contribution is -0.142. The normalized spacial score (nSPS) is 23.6. The van der Waals surface area contributed by atoms with E-state index in [1.165, 1.54) is 0 Å². The molecule has 0 aliphatic carbocycles. The molecule has 1 saturated heterocycles. The second-order valence-corrected chi connectivity index (χ2v) is 2.53. The minimum absolute atomic E-state index is 0.133. The molecule has 0 spiro atoms. The highest BCUT2D eigenvalue weighted by molar-refractivity contribution is 5.71. The van der Waals surface area contributed by atoms with Crippen molar-refractivity contribution >= 4 is 5.97 Å². The molecule has 0 aromatic carbocycles. The number of carbonyl (C=O) groups is 1. The molecule has 2 heterocycles. The molecule has 1 aliphatic heterocycles. The first kappa shape index (κ1) is 6.46. The third kappa shape index (κ3) is 1.13. The fourth-order valence-electron chi connectivity index (χ4n) is 1.20. The summed E-state index contributed by atoms with van der Waals surface area (Å²) >= 11 is 0. The molecule has 1 aromatic rings. The highest BCUT2D eigenvalue weighted by atomic mass is 16.6. The van der Waals surface area contributed by atoms with Crippen LogP contribution in [0.1, 0.15) is 24.7 Å². The minimum atomic E-state index is -0.141. The topological polar surface area (TPSA) is 39.4 Å². The number of furan rings is 1. The van der Waals surface area contributed by atoms with Gasteiger partial charge in [-0.2, -0.15) is 0 Å². The van der Waals surface area contributed by atoms with Crippen LogP contribution in [0.4, 0.5) is 0 Å². The van der Waals surface area contributed by atoms with Crippen molar-refractivity contribution in [2.24, 2.45) is 0 Å². The summed E-state index contributed by atoms with van der Waals surface area (Å²) < 4.78 is 10.1. The molecule has 2 rings (SSSR count). The van der Waals surface area contributed by atoms with E-state index in [0.717, 1.165) is 12.2 Å². The molecule has 1 atom stereocenters. The number of hydrogen-bond donors (Lipinski definition) is 0. The lowest BCUT2D eigenvalue weighted by Crippen LogP contribution is -1.96. The molecule has 11 heavy (non-hydrogen) atoms. The van der Waals surface area contributed by atoms with E-state index in [0.29, 0.717) is 6.42 Å². The number of cyclic esters (lactones) is 1. The van der Waals surface area contributed by atoms with E-state index in [-0.39, 0.29) is 12.1 Å². The van der Waals surface area contributed by atoms with Crippen LogP contribution in [0.3, 0.4) is 0 Å². The van der Waals surface area contributed by atoms with Crippen molar-refractivity contribution in [1.82, 2.24) is 0 Å². The second-order valence-electron chi connectivity index (χ2n) is 2.53. The SMILES string of the molecule is O=C1CCC(c2ccco2)O1. The smallest absolute Gasteiger partial charge is 0.306 e. The maximum absolute atomic E-state index is 10.7. The summed E-state index contributed by atoms with van der Waals surface area (Å²) in [5, 5.41) is 0. The zero-order valence-corrected chi connectivity index (χ0v) is 5.95. The summed E-state index contributed by atoms with van der Waals surface area (Å²) in [4.78, 5) is 10.7. The number of esters is 1. The largest absolute Gasteiger partial charge is 0.465 e. The first-order chi connectivity index (χ1) is 5.36. The van der Waals surface area contributed by atoms with Gasteiger partial charge >= 0.3 is 5.97 Å². The van der Waals surface area contributed by atoms with Gasteiger partial charge in [0.05, 0.1) is 6.26 Å². The number of hydrogen-bond acceptors (Lipinski definition) is 3. The third-order valence-electron chi connectivity index (χ3n) is 1.74. The lowest BCUT2D eigenvalue weighted by atomic mass is 10.2. The van der Waals surface area contributed by atoms with Crippen LogP contribution in [-0.2, 0) is 9.53 Å². The molecule has 3 heteroatoms. The highest BCUT2D eigenvalue weighted by Gasteiger charge is 2.26. The summed E-state index contributed by atoms with van der Waals surface area (Å²) in [6, 6.07) is 3.62. The Kier molecular flexibility index (Phi) is 1.42. The van der Waals surface area contributed by atoms with Gasteiger partial charge in [0.1, 0.15) is 5.76 Å². The molecule has 0 radical (unpaired) electrons. The molecule has 3 nitrogen and oxygen atoms in total. The van der Waals surface area contributed by atoms with Crippen LogP contribution in [0.15, 0.2) is 22.8 Å². The lowest BCUT2D eigenvalue weighted by Gasteiger charge is -2.03. The average molecular weight is 152 g/mol. The van der Waals surface area contributed by atoms with Crippen molar-refractivity contribution in [3.63, 3.8) is 0 Å². The molecular formula is C8H8O3. The average Bonchev–Trinajstić information content (AvgIpc) is 2.55. The number of ether oxygens (including phenoxy) is 1. The zero-order valence-electron chi connectivity index (χ0n) is 5.95. The van der Waals surface area contributed by atoms with Gasteiger partial charge < -0.3 is 9.15 Å². The predicted octanol–water partition coefficient (Wildman–Crippen LogP) is 1.66. The number of rotatable bonds is 1. The van der Waals surface area contributed by atoms with Crippen LogP contribution in [-0.4, -0.2) is 5.97 Å². The Hall–Kier alpha value is -1.25. The molecule has 0 saturated carbocycles. The molecule has 0 amide bonds. The predicted molar refractivity (Wildman–Crippen MR) is 36.8 cm³/mol. The first-order valence-corrected chi connectivity index (χ1v) is 3.59. The van der Waals surface area contributed by atoms with E-state index in [1.54, 1.807) is 12.3 Å². The van der Waals surface area contributed by atoms with Gasteiger partial charge in [0.25, 0.3) is 0 Å². The monoisotopic (exact) mass is 152 g/mol. The van der Waals surface area contributed by atoms with Gasteiger partial charge in [-0.25, -0.2) is 0 Å². The van der Waals surface area contributed by atoms with E-state index in [2.05, 4.69) is 0 Å². The molecule has 0 N–H and O–H groups in total. The van der Waals surface area contributed by atoms with E-state index in [1.807, 2.05) is 6.07 Å². The van der Waals surface area contributed by atoms with Crippen LogP contribution in [0, 0.1) is 0 Å². The molecule has 0 bridgehead atoms. The summed E-state index contributed by atoms with van der Waals surface area (Å²) in [7, 11) is 0. The maximum atomic E-state index is 10.7. The van der Waals surface area contributed by atoms with Crippen molar-refractivity contribution in [2.75, 3.05) is 0 Å². The van der Waals surface area contributed by atoms with Crippen LogP contribution >= 0.6 is 0 Å². The molecule has 1 aromatic heterocycles. The van der Waals surface area contributed by atoms with E-state index >= 15 is 0 Å². The van der Waals surface area contributed by atoms with Crippen LogP contribution in [0.2, 0.25) is 0 Å². The second kappa shape index (κ2) is 2.42. The van der Waals surface area contributed by atoms with Gasteiger partial charge in [0.15, 0.2) is 6.10 Å². The van der Waals surface area contributed by atoms with Crippen molar-refractivity contribution < 1.29 is 13.9 Å². The summed E-state index contributed by atoms with van der Waals surface area (Å²) in [5.74, 6) is 0.613. The number of carbonyl (C=O) groups excluding carboxylic acids is 1. The van der Waals surface area contributed by atoms with Gasteiger partial charge in [-0.15, -0.1) is 0 Å². The van der Waals surface area contributed by atoms with Gasteiger partial charge in [-0.1, -0.05) is 0 Å². The van der Waals surface area contributed by atoms with Crippen LogP contribution in [0.25, 0.3) is 0 Å². The quantitative estimate of drug-likeness (QED) is 0.574. The van der Waals surface area contributed by atoms with Crippen molar-refractivity contribution in [3.8, 4) is 0 Å². The van der Waals surface area contributed by atoms with Crippen LogP contribution < -0.4 is 0 Å². The molecular weight excluding hydrogens is 144 g/mol. The van der Waals surface area contributed by atoms with Crippen molar-refractivity contribution in [2.45, 2.75) is 18.9 Å². The fraction of sp³-hybridized carbons (Fsp3) is 0.375. The minimum Gasteiger partial charge on any atom is -0.465 e. The van der Waals surface area contributed by atoms with Gasteiger partial charge in [-0.3, -0.25) is 4.79 Å². The Balaban J connectivity index is 2.13. The molecule has 1 unspecified atom stereocenters. The Bertz CT molecular complexity index is 250. The fourth-order valence-corrected chi connectivity index (χ4v) is 1.20. The molecule has 1 fully saturated rings. The first-order valence-electron chi connectivity index (χ1n) is 3.59. The Morgan fingerprint density at radius 2 is 2.45 bits per heavy atom. The summed E-state index contributed by atoms with van der Waals surface area (Å²) in [5.41, 5.74) is 0. The van der Waals surface area contributed by atoms with Crippen molar-refractivity contribution in [3.05, 3.63) is 24.2 Å². The summed E-state index contributed by atoms with van der Waals surface area (Å²) in [6.45, 7) is 0. The Morgan fingerprint density at radius 1 is 1.55 bits per heavy atom. The summed E-state index contributed by atoms with van der Waals surface area (Å²) in [6.07, 6.45) is 2.69. The van der Waals surface area contributed by atoms with Gasteiger partial charge in [-0.05, 0) is 12.1 Å². The maximum Gasteiger partial charge on any atom is 0.306 e. The van der Waals surface area contributed by atoms with E-state index in [9.17, 15) is 4.79 Å².